The Hall–Kier alpha value is -1.11. The lowest BCUT2D eigenvalue weighted by Crippen LogP contribution is -2.27. The van der Waals surface area contributed by atoms with Crippen molar-refractivity contribution in [1.82, 2.24) is 4.90 Å². The Morgan fingerprint density at radius 2 is 1.83 bits per heavy atom. The smallest absolute Gasteiger partial charge is 0.296 e. The number of unbranched alkanes of at least 4 members (excludes halogenated alkanes) is 4. The van der Waals surface area contributed by atoms with Crippen molar-refractivity contribution in [1.29, 1.82) is 0 Å². The maximum atomic E-state index is 11.1. The Balaban J connectivity index is 2.41. The first kappa shape index (κ1) is 19.9. The molecule has 23 heavy (non-hydrogen) atoms. The summed E-state index contributed by atoms with van der Waals surface area (Å²) < 4.78 is 24.5. The summed E-state index contributed by atoms with van der Waals surface area (Å²) in [7, 11) is -3.71. The van der Waals surface area contributed by atoms with E-state index in [2.05, 4.69) is 23.5 Å². The standard InChI is InChI=1S/C17H31N3O2S/c1-3-5-6-7-8-13-20(4-2)14-12-16-10-9-11-17(15-16)19-23(18,21)22/h9-11,15,19H,3-8,12-14H2,1-2H3,(H2,18,21,22). The summed E-state index contributed by atoms with van der Waals surface area (Å²) in [6, 6.07) is 7.42. The second-order valence-electron chi connectivity index (χ2n) is 5.95. The number of benzene rings is 1. The van der Waals surface area contributed by atoms with Crippen LogP contribution >= 0.6 is 0 Å². The monoisotopic (exact) mass is 341 g/mol. The molecule has 0 fully saturated rings. The summed E-state index contributed by atoms with van der Waals surface area (Å²) in [6.45, 7) is 7.59. The molecule has 1 aromatic carbocycles. The van der Waals surface area contributed by atoms with Gasteiger partial charge in [-0.2, -0.15) is 8.42 Å². The van der Waals surface area contributed by atoms with Crippen LogP contribution in [0.15, 0.2) is 24.3 Å². The van der Waals surface area contributed by atoms with Gasteiger partial charge in [0.2, 0.25) is 0 Å². The van der Waals surface area contributed by atoms with Crippen molar-refractivity contribution in [2.45, 2.75) is 52.4 Å². The van der Waals surface area contributed by atoms with Crippen molar-refractivity contribution < 1.29 is 8.42 Å². The van der Waals surface area contributed by atoms with Crippen LogP contribution in [-0.4, -0.2) is 33.0 Å². The molecule has 3 N–H and O–H groups in total. The molecule has 0 unspecified atom stereocenters. The molecule has 1 aromatic rings. The van der Waals surface area contributed by atoms with Crippen LogP contribution < -0.4 is 9.86 Å². The number of anilines is 1. The number of rotatable bonds is 12. The van der Waals surface area contributed by atoms with Gasteiger partial charge in [0.05, 0.1) is 0 Å². The van der Waals surface area contributed by atoms with Crippen molar-refractivity contribution in [2.24, 2.45) is 5.14 Å². The van der Waals surface area contributed by atoms with Crippen molar-refractivity contribution in [3.63, 3.8) is 0 Å². The first-order valence-corrected chi connectivity index (χ1v) is 10.1. The number of hydrogen-bond donors (Lipinski definition) is 2. The Bertz CT molecular complexity index is 547. The Labute approximate surface area is 141 Å². The summed E-state index contributed by atoms with van der Waals surface area (Å²) in [4.78, 5) is 2.45. The minimum atomic E-state index is -3.71. The third-order valence-electron chi connectivity index (χ3n) is 3.93. The number of hydrogen-bond acceptors (Lipinski definition) is 3. The minimum absolute atomic E-state index is 0.521. The third kappa shape index (κ3) is 9.58. The average molecular weight is 342 g/mol. The molecule has 6 heteroatoms. The molecule has 0 amide bonds. The lowest BCUT2D eigenvalue weighted by atomic mass is 10.1. The average Bonchev–Trinajstić information content (AvgIpc) is 2.49. The van der Waals surface area contributed by atoms with Gasteiger partial charge in [-0.05, 0) is 43.6 Å². The van der Waals surface area contributed by atoms with Crippen molar-refractivity contribution in [2.75, 3.05) is 24.4 Å². The van der Waals surface area contributed by atoms with Gasteiger partial charge in [-0.1, -0.05) is 51.7 Å². The Morgan fingerprint density at radius 1 is 1.09 bits per heavy atom. The van der Waals surface area contributed by atoms with E-state index >= 15 is 0 Å². The zero-order valence-corrected chi connectivity index (χ0v) is 15.2. The lowest BCUT2D eigenvalue weighted by molar-refractivity contribution is 0.284. The highest BCUT2D eigenvalue weighted by Crippen LogP contribution is 2.13. The van der Waals surface area contributed by atoms with E-state index in [-0.39, 0.29) is 0 Å². The molecule has 0 aliphatic heterocycles. The fourth-order valence-corrected chi connectivity index (χ4v) is 3.06. The van der Waals surface area contributed by atoms with Crippen LogP contribution in [0.25, 0.3) is 0 Å². The molecule has 0 aromatic heterocycles. The van der Waals surface area contributed by atoms with Gasteiger partial charge in [-0.3, -0.25) is 4.72 Å². The summed E-state index contributed by atoms with van der Waals surface area (Å²) in [5.74, 6) is 0. The minimum Gasteiger partial charge on any atom is -0.303 e. The van der Waals surface area contributed by atoms with Crippen LogP contribution in [-0.2, 0) is 16.6 Å². The molecule has 0 aliphatic rings. The molecule has 0 radical (unpaired) electrons. The SMILES string of the molecule is CCCCCCCN(CC)CCc1cccc(NS(N)(=O)=O)c1. The summed E-state index contributed by atoms with van der Waals surface area (Å²) in [5, 5.41) is 5.00. The summed E-state index contributed by atoms with van der Waals surface area (Å²) in [5.41, 5.74) is 1.63. The van der Waals surface area contributed by atoms with Crippen molar-refractivity contribution >= 4 is 15.9 Å². The van der Waals surface area contributed by atoms with Gasteiger partial charge >= 0.3 is 0 Å². The number of nitrogens with two attached hydrogens (primary N) is 1. The fourth-order valence-electron chi connectivity index (χ4n) is 2.61. The van der Waals surface area contributed by atoms with E-state index in [0.29, 0.717) is 5.69 Å². The number of nitrogens with one attached hydrogen (secondary N) is 1. The van der Waals surface area contributed by atoms with Gasteiger partial charge in [0.15, 0.2) is 0 Å². The molecular formula is C17H31N3O2S. The maximum absolute atomic E-state index is 11.1. The van der Waals surface area contributed by atoms with Gasteiger partial charge in [-0.25, -0.2) is 5.14 Å². The van der Waals surface area contributed by atoms with E-state index in [4.69, 9.17) is 5.14 Å². The van der Waals surface area contributed by atoms with Crippen LogP contribution in [0.4, 0.5) is 5.69 Å². The molecule has 0 saturated carbocycles. The normalized spacial score (nSPS) is 11.8. The highest BCUT2D eigenvalue weighted by molar-refractivity contribution is 7.90. The molecular weight excluding hydrogens is 310 g/mol. The Morgan fingerprint density at radius 3 is 2.48 bits per heavy atom. The third-order valence-corrected chi connectivity index (χ3v) is 4.45. The molecule has 0 saturated heterocycles. The largest absolute Gasteiger partial charge is 0.303 e. The molecule has 0 aliphatic carbocycles. The van der Waals surface area contributed by atoms with E-state index in [1.54, 1.807) is 6.07 Å². The quantitative estimate of drug-likeness (QED) is 0.574. The van der Waals surface area contributed by atoms with E-state index in [9.17, 15) is 8.42 Å². The second kappa shape index (κ2) is 10.6. The zero-order chi connectivity index (χ0) is 17.1. The lowest BCUT2D eigenvalue weighted by Gasteiger charge is -2.20. The number of nitrogens with zero attached hydrogens (tertiary/aromatic N) is 1. The van der Waals surface area contributed by atoms with Gasteiger partial charge in [-0.15, -0.1) is 0 Å². The molecule has 0 bridgehead atoms. The maximum Gasteiger partial charge on any atom is 0.296 e. The summed E-state index contributed by atoms with van der Waals surface area (Å²) in [6.07, 6.45) is 7.40. The van der Waals surface area contributed by atoms with Crippen molar-refractivity contribution in [3.05, 3.63) is 29.8 Å². The summed E-state index contributed by atoms with van der Waals surface area (Å²) >= 11 is 0. The van der Waals surface area contributed by atoms with Gasteiger partial charge in [0, 0.05) is 12.2 Å². The van der Waals surface area contributed by atoms with Crippen LogP contribution in [0.5, 0.6) is 0 Å². The topological polar surface area (TPSA) is 75.4 Å². The highest BCUT2D eigenvalue weighted by Gasteiger charge is 2.05. The molecule has 0 spiro atoms. The van der Waals surface area contributed by atoms with Gasteiger partial charge in [0.25, 0.3) is 10.2 Å². The van der Waals surface area contributed by atoms with E-state index in [1.807, 2.05) is 18.2 Å². The predicted molar refractivity (Wildman–Crippen MR) is 97.7 cm³/mol. The van der Waals surface area contributed by atoms with Crippen LogP contribution in [0, 0.1) is 0 Å². The molecule has 132 valence electrons. The van der Waals surface area contributed by atoms with Crippen LogP contribution in [0.3, 0.4) is 0 Å². The second-order valence-corrected chi connectivity index (χ2v) is 7.24. The molecule has 5 nitrogen and oxygen atoms in total. The first-order valence-electron chi connectivity index (χ1n) is 8.56. The van der Waals surface area contributed by atoms with Crippen molar-refractivity contribution in [3.8, 4) is 0 Å². The van der Waals surface area contributed by atoms with Crippen LogP contribution in [0.2, 0.25) is 0 Å². The molecule has 0 heterocycles. The van der Waals surface area contributed by atoms with E-state index in [0.717, 1.165) is 31.6 Å². The first-order chi connectivity index (χ1) is 10.9. The van der Waals surface area contributed by atoms with Crippen LogP contribution in [0.1, 0.15) is 51.5 Å². The highest BCUT2D eigenvalue weighted by atomic mass is 32.2. The fraction of sp³-hybridized carbons (Fsp3) is 0.647. The molecule has 0 atom stereocenters. The van der Waals surface area contributed by atoms with E-state index in [1.165, 1.54) is 32.1 Å². The van der Waals surface area contributed by atoms with Gasteiger partial charge < -0.3 is 4.90 Å². The molecule has 1 rings (SSSR count). The van der Waals surface area contributed by atoms with Gasteiger partial charge in [0.1, 0.15) is 0 Å². The zero-order valence-electron chi connectivity index (χ0n) is 14.4. The number of likely N-dealkylation sites (N-methyl/N-ethyl adjacent to an activating group) is 1. The predicted octanol–water partition coefficient (Wildman–Crippen LogP) is 3.14. The van der Waals surface area contributed by atoms with E-state index < -0.39 is 10.2 Å². The Kier molecular flexibility index (Phi) is 9.21.